The summed E-state index contributed by atoms with van der Waals surface area (Å²) in [7, 11) is -4.68. The van der Waals surface area contributed by atoms with E-state index in [1.165, 1.54) is 30.3 Å². The van der Waals surface area contributed by atoms with Gasteiger partial charge in [-0.1, -0.05) is 54.6 Å². The quantitative estimate of drug-likeness (QED) is 0.816. The van der Waals surface area contributed by atoms with Gasteiger partial charge < -0.3 is 0 Å². The number of hydrogen-bond acceptors (Lipinski definition) is 3. The average molecular weight is 310 g/mol. The summed E-state index contributed by atoms with van der Waals surface area (Å²) < 4.78 is 50.7. The van der Waals surface area contributed by atoms with Gasteiger partial charge in [-0.2, -0.15) is 8.78 Å². The van der Waals surface area contributed by atoms with Gasteiger partial charge in [0.15, 0.2) is 5.78 Å². The summed E-state index contributed by atoms with van der Waals surface area (Å²) in [5.41, 5.74) is -0.908. The molecule has 0 N–H and O–H groups in total. The molecule has 110 valence electrons. The maximum atomic E-state index is 14.1. The summed E-state index contributed by atoms with van der Waals surface area (Å²) in [5, 5.41) is -4.12. The molecule has 0 aliphatic carbocycles. The van der Waals surface area contributed by atoms with Gasteiger partial charge in [0.2, 0.25) is 9.84 Å². The standard InChI is InChI=1S/C15H12F2O3S/c1-21(19,20)15(16,17)13-10-6-5-9-12(13)14(18)11-7-3-2-4-8-11/h2-10H,1H3. The summed E-state index contributed by atoms with van der Waals surface area (Å²) in [4.78, 5) is 12.3. The molecular weight excluding hydrogens is 298 g/mol. The first-order valence-electron chi connectivity index (χ1n) is 6.02. The van der Waals surface area contributed by atoms with Crippen molar-refractivity contribution in [2.75, 3.05) is 6.26 Å². The van der Waals surface area contributed by atoms with Crippen LogP contribution in [0.15, 0.2) is 54.6 Å². The van der Waals surface area contributed by atoms with E-state index in [0.717, 1.165) is 6.07 Å². The van der Waals surface area contributed by atoms with E-state index in [9.17, 15) is 22.0 Å². The first-order valence-corrected chi connectivity index (χ1v) is 7.91. The van der Waals surface area contributed by atoms with Crippen LogP contribution >= 0.6 is 0 Å². The van der Waals surface area contributed by atoms with Gasteiger partial charge in [-0.3, -0.25) is 4.79 Å². The molecule has 0 radical (unpaired) electrons. The summed E-state index contributed by atoms with van der Waals surface area (Å²) in [6.07, 6.45) is 0.441. The largest absolute Gasteiger partial charge is 0.371 e. The van der Waals surface area contributed by atoms with Gasteiger partial charge in [0, 0.05) is 22.9 Å². The normalized spacial score (nSPS) is 12.1. The van der Waals surface area contributed by atoms with Crippen LogP contribution in [0.4, 0.5) is 8.78 Å². The second-order valence-electron chi connectivity index (χ2n) is 4.53. The Morgan fingerprint density at radius 1 is 0.952 bits per heavy atom. The highest BCUT2D eigenvalue weighted by Crippen LogP contribution is 2.36. The van der Waals surface area contributed by atoms with Crippen molar-refractivity contribution in [2.24, 2.45) is 0 Å². The molecule has 0 aromatic heterocycles. The Balaban J connectivity index is 2.61. The lowest BCUT2D eigenvalue weighted by Gasteiger charge is -2.17. The van der Waals surface area contributed by atoms with E-state index >= 15 is 0 Å². The van der Waals surface area contributed by atoms with E-state index in [0.29, 0.717) is 6.26 Å². The number of ketones is 1. The third-order valence-corrected chi connectivity index (χ3v) is 4.14. The lowest BCUT2D eigenvalue weighted by atomic mass is 9.98. The van der Waals surface area contributed by atoms with Crippen LogP contribution in [0.1, 0.15) is 21.5 Å². The molecule has 2 aromatic rings. The predicted octanol–water partition coefficient (Wildman–Crippen LogP) is 3.01. The van der Waals surface area contributed by atoms with Gasteiger partial charge in [0.05, 0.1) is 0 Å². The number of alkyl halides is 2. The van der Waals surface area contributed by atoms with Crippen LogP contribution in [-0.4, -0.2) is 20.5 Å². The molecule has 0 spiro atoms. The van der Waals surface area contributed by atoms with E-state index in [2.05, 4.69) is 0 Å². The topological polar surface area (TPSA) is 51.2 Å². The van der Waals surface area contributed by atoms with E-state index in [-0.39, 0.29) is 11.1 Å². The third-order valence-electron chi connectivity index (χ3n) is 2.99. The first kappa shape index (κ1) is 15.3. The van der Waals surface area contributed by atoms with Crippen LogP contribution in [-0.2, 0) is 15.1 Å². The molecule has 0 fully saturated rings. The molecule has 0 saturated carbocycles. The van der Waals surface area contributed by atoms with Crippen LogP contribution in [0, 0.1) is 0 Å². The number of carbonyl (C=O) groups is 1. The molecule has 0 saturated heterocycles. The molecule has 0 heterocycles. The Hall–Kier alpha value is -2.08. The summed E-state index contributed by atoms with van der Waals surface area (Å²) in [5.74, 6) is -0.644. The molecule has 0 atom stereocenters. The van der Waals surface area contributed by atoms with Gasteiger partial charge >= 0.3 is 5.25 Å². The fourth-order valence-electron chi connectivity index (χ4n) is 1.88. The fraction of sp³-hybridized carbons (Fsp3) is 0.133. The molecule has 3 nitrogen and oxygen atoms in total. The number of halogens is 2. The number of sulfone groups is 1. The Morgan fingerprint density at radius 2 is 1.48 bits per heavy atom. The molecular formula is C15H12F2O3S. The van der Waals surface area contributed by atoms with Gasteiger partial charge in [0.1, 0.15) is 0 Å². The zero-order valence-corrected chi connectivity index (χ0v) is 11.9. The Morgan fingerprint density at radius 3 is 2.05 bits per heavy atom. The minimum Gasteiger partial charge on any atom is -0.289 e. The zero-order chi connectivity index (χ0) is 15.7. The van der Waals surface area contributed by atoms with Gasteiger partial charge in [0.25, 0.3) is 0 Å². The van der Waals surface area contributed by atoms with Crippen molar-refractivity contribution < 1.29 is 22.0 Å². The average Bonchev–Trinajstić information content (AvgIpc) is 2.46. The number of rotatable bonds is 4. The minimum absolute atomic E-state index is 0.217. The molecule has 6 heteroatoms. The lowest BCUT2D eigenvalue weighted by Crippen LogP contribution is -2.27. The third kappa shape index (κ3) is 2.85. The Kier molecular flexibility index (Phi) is 3.91. The summed E-state index contributed by atoms with van der Waals surface area (Å²) in [6.45, 7) is 0. The predicted molar refractivity (Wildman–Crippen MR) is 75.1 cm³/mol. The zero-order valence-electron chi connectivity index (χ0n) is 11.1. The van der Waals surface area contributed by atoms with Crippen molar-refractivity contribution in [1.29, 1.82) is 0 Å². The molecule has 0 aliphatic heterocycles. The van der Waals surface area contributed by atoms with Crippen LogP contribution in [0.25, 0.3) is 0 Å². The lowest BCUT2D eigenvalue weighted by molar-refractivity contribution is 0.0872. The number of hydrogen-bond donors (Lipinski definition) is 0. The maximum absolute atomic E-state index is 14.1. The molecule has 2 aromatic carbocycles. The molecule has 21 heavy (non-hydrogen) atoms. The van der Waals surface area contributed by atoms with Crippen LogP contribution in [0.3, 0.4) is 0 Å². The van der Waals surface area contributed by atoms with Crippen LogP contribution < -0.4 is 0 Å². The monoisotopic (exact) mass is 310 g/mol. The number of carbonyl (C=O) groups excluding carboxylic acids is 1. The van der Waals surface area contributed by atoms with Crippen molar-refractivity contribution in [3.63, 3.8) is 0 Å². The van der Waals surface area contributed by atoms with Crippen molar-refractivity contribution in [2.45, 2.75) is 5.25 Å². The molecule has 0 aliphatic rings. The molecule has 0 bridgehead atoms. The van der Waals surface area contributed by atoms with E-state index in [1.807, 2.05) is 0 Å². The van der Waals surface area contributed by atoms with E-state index in [4.69, 9.17) is 0 Å². The highest BCUT2D eigenvalue weighted by atomic mass is 32.2. The van der Waals surface area contributed by atoms with Gasteiger partial charge in [-0.25, -0.2) is 8.42 Å². The highest BCUT2D eigenvalue weighted by molar-refractivity contribution is 7.91. The second-order valence-corrected chi connectivity index (χ2v) is 6.59. The maximum Gasteiger partial charge on any atom is 0.371 e. The smallest absolute Gasteiger partial charge is 0.289 e. The summed E-state index contributed by atoms with van der Waals surface area (Å²) >= 11 is 0. The van der Waals surface area contributed by atoms with Crippen molar-refractivity contribution in [3.05, 3.63) is 71.3 Å². The van der Waals surface area contributed by atoms with Crippen molar-refractivity contribution in [3.8, 4) is 0 Å². The second kappa shape index (κ2) is 5.37. The van der Waals surface area contributed by atoms with E-state index in [1.54, 1.807) is 18.2 Å². The van der Waals surface area contributed by atoms with E-state index < -0.39 is 26.4 Å². The Labute approximate surface area is 121 Å². The van der Waals surface area contributed by atoms with Crippen LogP contribution in [0.2, 0.25) is 0 Å². The number of benzene rings is 2. The van der Waals surface area contributed by atoms with Gasteiger partial charge in [-0.05, 0) is 0 Å². The van der Waals surface area contributed by atoms with Gasteiger partial charge in [-0.15, -0.1) is 0 Å². The van der Waals surface area contributed by atoms with Crippen LogP contribution in [0.5, 0.6) is 0 Å². The molecule has 0 unspecified atom stereocenters. The first-order chi connectivity index (χ1) is 9.75. The highest BCUT2D eigenvalue weighted by Gasteiger charge is 2.45. The SMILES string of the molecule is CS(=O)(=O)C(F)(F)c1ccccc1C(=O)c1ccccc1. The fourth-order valence-corrected chi connectivity index (χ4v) is 2.46. The molecule has 0 amide bonds. The summed E-state index contributed by atoms with van der Waals surface area (Å²) in [6, 6.07) is 12.7. The van der Waals surface area contributed by atoms with Crippen molar-refractivity contribution in [1.82, 2.24) is 0 Å². The molecule has 2 rings (SSSR count). The minimum atomic E-state index is -4.68. The van der Waals surface area contributed by atoms with Crippen molar-refractivity contribution >= 4 is 15.6 Å². The Bertz CT molecular complexity index is 769.